The quantitative estimate of drug-likeness (QED) is 0.705. The van der Waals surface area contributed by atoms with E-state index in [0.717, 1.165) is 25.7 Å². The Morgan fingerprint density at radius 2 is 1.91 bits per heavy atom. The van der Waals surface area contributed by atoms with Crippen LogP contribution in [0.3, 0.4) is 0 Å². The summed E-state index contributed by atoms with van der Waals surface area (Å²) in [5.74, 6) is 0.621. The van der Waals surface area contributed by atoms with Crippen LogP contribution in [0.4, 0.5) is 0 Å². The second-order valence-electron chi connectivity index (χ2n) is 6.98. The van der Waals surface area contributed by atoms with Crippen LogP contribution >= 0.6 is 0 Å². The van der Waals surface area contributed by atoms with Crippen LogP contribution in [0.15, 0.2) is 53.6 Å². The minimum absolute atomic E-state index is 0.0691. The van der Waals surface area contributed by atoms with Gasteiger partial charge in [0.05, 0.1) is 0 Å². The highest BCUT2D eigenvalue weighted by atomic mass is 16.2. The lowest BCUT2D eigenvalue weighted by Crippen LogP contribution is -2.34. The maximum atomic E-state index is 12.6. The van der Waals surface area contributed by atoms with Crippen molar-refractivity contribution in [3.8, 4) is 0 Å². The smallest absolute Gasteiger partial charge is 0.226 e. The van der Waals surface area contributed by atoms with Crippen molar-refractivity contribution in [2.45, 2.75) is 45.4 Å². The first-order valence-electron chi connectivity index (χ1n) is 8.56. The van der Waals surface area contributed by atoms with Crippen LogP contribution in [0.25, 0.3) is 0 Å². The Bertz CT molecular complexity index is 579. The van der Waals surface area contributed by atoms with E-state index in [1.165, 1.54) is 16.7 Å². The van der Waals surface area contributed by atoms with Crippen LogP contribution < -0.4 is 0 Å². The first-order chi connectivity index (χ1) is 11.0. The van der Waals surface area contributed by atoms with Crippen LogP contribution in [-0.4, -0.2) is 24.9 Å². The summed E-state index contributed by atoms with van der Waals surface area (Å²) in [6, 6.07) is 10.5. The van der Waals surface area contributed by atoms with E-state index < -0.39 is 0 Å². The van der Waals surface area contributed by atoms with E-state index in [9.17, 15) is 4.79 Å². The molecule has 0 aromatic heterocycles. The van der Waals surface area contributed by atoms with Crippen molar-refractivity contribution in [3.05, 3.63) is 59.2 Å². The number of benzene rings is 1. The molecule has 23 heavy (non-hydrogen) atoms. The molecule has 1 amide bonds. The van der Waals surface area contributed by atoms with Crippen LogP contribution in [-0.2, 0) is 4.79 Å². The van der Waals surface area contributed by atoms with Gasteiger partial charge in [0.25, 0.3) is 0 Å². The lowest BCUT2D eigenvalue weighted by Gasteiger charge is -2.32. The van der Waals surface area contributed by atoms with Gasteiger partial charge < -0.3 is 4.90 Å². The largest absolute Gasteiger partial charge is 0.349 e. The Balaban J connectivity index is 2.18. The number of hydrogen-bond acceptors (Lipinski definition) is 1. The van der Waals surface area contributed by atoms with Crippen LogP contribution in [0.2, 0.25) is 0 Å². The SMILES string of the molecule is CC(C)=CCCC1=CC[C@H](C(=O)N(C)C)[C@@H](c2ccccc2)C1. The molecular formula is C21H29NO. The fraction of sp³-hybridized carbons (Fsp3) is 0.476. The lowest BCUT2D eigenvalue weighted by atomic mass is 9.74. The zero-order valence-electron chi connectivity index (χ0n) is 14.9. The fourth-order valence-corrected chi connectivity index (χ4v) is 3.37. The molecule has 0 spiro atoms. The maximum Gasteiger partial charge on any atom is 0.226 e. The highest BCUT2D eigenvalue weighted by Crippen LogP contribution is 2.39. The number of amides is 1. The highest BCUT2D eigenvalue weighted by molar-refractivity contribution is 5.80. The van der Waals surface area contributed by atoms with Crippen LogP contribution in [0.5, 0.6) is 0 Å². The maximum absolute atomic E-state index is 12.6. The topological polar surface area (TPSA) is 20.3 Å². The molecule has 2 nitrogen and oxygen atoms in total. The van der Waals surface area contributed by atoms with Crippen molar-refractivity contribution < 1.29 is 4.79 Å². The molecule has 2 rings (SSSR count). The third kappa shape index (κ3) is 4.82. The summed E-state index contributed by atoms with van der Waals surface area (Å²) >= 11 is 0. The number of carbonyl (C=O) groups is 1. The summed E-state index contributed by atoms with van der Waals surface area (Å²) in [5.41, 5.74) is 4.17. The number of carbonyl (C=O) groups excluding carboxylic acids is 1. The van der Waals surface area contributed by atoms with Gasteiger partial charge >= 0.3 is 0 Å². The van der Waals surface area contributed by atoms with Crippen molar-refractivity contribution in [3.63, 3.8) is 0 Å². The van der Waals surface area contributed by atoms with Crippen molar-refractivity contribution in [1.29, 1.82) is 0 Å². The monoisotopic (exact) mass is 311 g/mol. The molecule has 1 aliphatic carbocycles. The summed E-state index contributed by atoms with van der Waals surface area (Å²) in [6.07, 6.45) is 8.69. The lowest BCUT2D eigenvalue weighted by molar-refractivity contribution is -0.133. The van der Waals surface area contributed by atoms with Gasteiger partial charge in [0.2, 0.25) is 5.91 Å². The van der Waals surface area contributed by atoms with Crippen molar-refractivity contribution in [2.24, 2.45) is 5.92 Å². The average Bonchev–Trinajstić information content (AvgIpc) is 2.54. The molecule has 0 radical (unpaired) electrons. The van der Waals surface area contributed by atoms with Gasteiger partial charge in [-0.1, -0.05) is 53.6 Å². The zero-order valence-corrected chi connectivity index (χ0v) is 14.9. The standard InChI is InChI=1S/C21H29NO/c1-16(2)9-8-10-17-13-14-19(21(23)22(3)4)20(15-17)18-11-6-5-7-12-18/h5-7,9,11-13,19-20H,8,10,14-15H2,1-4H3/t19-,20+/m0/s1. The minimum Gasteiger partial charge on any atom is -0.349 e. The fourth-order valence-electron chi connectivity index (χ4n) is 3.37. The van der Waals surface area contributed by atoms with Crippen molar-refractivity contribution in [1.82, 2.24) is 4.90 Å². The van der Waals surface area contributed by atoms with Crippen molar-refractivity contribution >= 4 is 5.91 Å². The van der Waals surface area contributed by atoms with E-state index in [2.05, 4.69) is 50.3 Å². The summed E-state index contributed by atoms with van der Waals surface area (Å²) in [6.45, 7) is 4.29. The number of allylic oxidation sites excluding steroid dienone is 4. The van der Waals surface area contributed by atoms with E-state index in [1.54, 1.807) is 4.90 Å². The van der Waals surface area contributed by atoms with Crippen LogP contribution in [0.1, 0.15) is 51.0 Å². The molecule has 0 heterocycles. The Morgan fingerprint density at radius 3 is 2.52 bits per heavy atom. The highest BCUT2D eigenvalue weighted by Gasteiger charge is 2.33. The first kappa shape index (κ1) is 17.5. The molecule has 124 valence electrons. The van der Waals surface area contributed by atoms with Gasteiger partial charge in [0.15, 0.2) is 0 Å². The van der Waals surface area contributed by atoms with Gasteiger partial charge in [-0.15, -0.1) is 0 Å². The zero-order chi connectivity index (χ0) is 16.8. The summed E-state index contributed by atoms with van der Waals surface area (Å²) < 4.78 is 0. The van der Waals surface area contributed by atoms with E-state index in [4.69, 9.17) is 0 Å². The molecule has 0 saturated carbocycles. The third-order valence-electron chi connectivity index (χ3n) is 4.63. The molecule has 1 aliphatic rings. The van der Waals surface area contributed by atoms with Crippen molar-refractivity contribution in [2.75, 3.05) is 14.1 Å². The predicted molar refractivity (Wildman–Crippen MR) is 97.3 cm³/mol. The Labute approximate surface area is 140 Å². The van der Waals surface area contributed by atoms with Gasteiger partial charge in [-0.2, -0.15) is 0 Å². The van der Waals surface area contributed by atoms with E-state index in [-0.39, 0.29) is 11.8 Å². The molecule has 0 unspecified atom stereocenters. The molecule has 0 bridgehead atoms. The summed E-state index contributed by atoms with van der Waals surface area (Å²) in [7, 11) is 3.72. The van der Waals surface area contributed by atoms with E-state index >= 15 is 0 Å². The van der Waals surface area contributed by atoms with Gasteiger partial charge in [-0.25, -0.2) is 0 Å². The number of nitrogens with zero attached hydrogens (tertiary/aromatic N) is 1. The molecule has 2 atom stereocenters. The molecule has 0 N–H and O–H groups in total. The normalized spacial score (nSPS) is 20.6. The predicted octanol–water partition coefficient (Wildman–Crippen LogP) is 4.94. The van der Waals surface area contributed by atoms with Gasteiger partial charge in [0.1, 0.15) is 0 Å². The Kier molecular flexibility index (Phi) is 6.20. The van der Waals surface area contributed by atoms with Gasteiger partial charge in [0, 0.05) is 20.0 Å². The van der Waals surface area contributed by atoms with E-state index in [1.807, 2.05) is 20.2 Å². The summed E-state index contributed by atoms with van der Waals surface area (Å²) in [4.78, 5) is 14.3. The first-order valence-corrected chi connectivity index (χ1v) is 8.56. The van der Waals surface area contributed by atoms with Gasteiger partial charge in [-0.3, -0.25) is 4.79 Å². The molecule has 0 aliphatic heterocycles. The minimum atomic E-state index is 0.0691. The number of hydrogen-bond donors (Lipinski definition) is 0. The third-order valence-corrected chi connectivity index (χ3v) is 4.63. The molecule has 1 aromatic carbocycles. The molecule has 0 saturated heterocycles. The van der Waals surface area contributed by atoms with E-state index in [0.29, 0.717) is 5.92 Å². The molecule has 2 heteroatoms. The van der Waals surface area contributed by atoms with Crippen LogP contribution in [0, 0.1) is 5.92 Å². The average molecular weight is 311 g/mol. The Morgan fingerprint density at radius 1 is 1.22 bits per heavy atom. The molecule has 0 fully saturated rings. The summed E-state index contributed by atoms with van der Waals surface area (Å²) in [5, 5.41) is 0. The second kappa shape index (κ2) is 8.14. The molecule has 1 aromatic rings. The second-order valence-corrected chi connectivity index (χ2v) is 6.98. The number of rotatable bonds is 5. The van der Waals surface area contributed by atoms with Gasteiger partial charge in [-0.05, 0) is 51.0 Å². The Hall–Kier alpha value is -1.83. The molecular weight excluding hydrogens is 282 g/mol.